The minimum atomic E-state index is -0.0634. The van der Waals surface area contributed by atoms with Crippen LogP contribution in [0, 0.1) is 6.92 Å². The Morgan fingerprint density at radius 3 is 2.68 bits per heavy atom. The number of hydrogen-bond acceptors (Lipinski definition) is 3. The van der Waals surface area contributed by atoms with Crippen LogP contribution >= 0.6 is 15.9 Å². The molecule has 2 aromatic rings. The molecule has 19 heavy (non-hydrogen) atoms. The molecule has 102 valence electrons. The van der Waals surface area contributed by atoms with Crippen molar-refractivity contribution < 1.29 is 4.74 Å². The van der Waals surface area contributed by atoms with E-state index in [4.69, 9.17) is 10.5 Å². The second kappa shape index (κ2) is 5.75. The fourth-order valence-corrected chi connectivity index (χ4v) is 2.76. The van der Waals surface area contributed by atoms with Crippen LogP contribution in [0.15, 0.2) is 28.7 Å². The van der Waals surface area contributed by atoms with Gasteiger partial charge in [0.05, 0.1) is 29.0 Å². The molecule has 0 aliphatic heterocycles. The van der Waals surface area contributed by atoms with Gasteiger partial charge in [-0.3, -0.25) is 4.68 Å². The van der Waals surface area contributed by atoms with E-state index in [2.05, 4.69) is 21.0 Å². The summed E-state index contributed by atoms with van der Waals surface area (Å²) in [5, 5.41) is 4.33. The maximum Gasteiger partial charge on any atom is 0.133 e. The van der Waals surface area contributed by atoms with Crippen LogP contribution in [0.2, 0.25) is 0 Å². The average Bonchev–Trinajstić information content (AvgIpc) is 2.69. The van der Waals surface area contributed by atoms with Crippen molar-refractivity contribution >= 4 is 15.9 Å². The van der Waals surface area contributed by atoms with Gasteiger partial charge >= 0.3 is 0 Å². The van der Waals surface area contributed by atoms with E-state index in [1.165, 1.54) is 5.56 Å². The molecule has 5 heteroatoms. The van der Waals surface area contributed by atoms with Crippen molar-refractivity contribution in [3.63, 3.8) is 0 Å². The number of benzene rings is 1. The highest BCUT2D eigenvalue weighted by atomic mass is 79.9. The molecule has 0 spiro atoms. The number of rotatable bonds is 4. The monoisotopic (exact) mass is 323 g/mol. The lowest BCUT2D eigenvalue weighted by molar-refractivity contribution is 0.412. The Hall–Kier alpha value is -1.33. The third-order valence-corrected chi connectivity index (χ3v) is 3.71. The van der Waals surface area contributed by atoms with Crippen LogP contribution in [0.3, 0.4) is 0 Å². The Labute approximate surface area is 121 Å². The van der Waals surface area contributed by atoms with Crippen LogP contribution in [0.4, 0.5) is 0 Å². The van der Waals surface area contributed by atoms with E-state index in [0.29, 0.717) is 0 Å². The fourth-order valence-electron chi connectivity index (χ4n) is 2.17. The minimum absolute atomic E-state index is 0.0634. The molecule has 0 bridgehead atoms. The van der Waals surface area contributed by atoms with Crippen molar-refractivity contribution in [2.45, 2.75) is 19.4 Å². The molecule has 1 unspecified atom stereocenters. The Balaban J connectivity index is 2.17. The maximum absolute atomic E-state index is 6.25. The number of aryl methyl sites for hydroxylation is 2. The lowest BCUT2D eigenvalue weighted by Gasteiger charge is -2.13. The van der Waals surface area contributed by atoms with Gasteiger partial charge in [0, 0.05) is 7.05 Å². The lowest BCUT2D eigenvalue weighted by atomic mass is 10.0. The molecule has 1 aromatic heterocycles. The zero-order valence-corrected chi connectivity index (χ0v) is 12.9. The summed E-state index contributed by atoms with van der Waals surface area (Å²) < 4.78 is 8.01. The summed E-state index contributed by atoms with van der Waals surface area (Å²) in [6.07, 6.45) is 0.765. The predicted octanol–water partition coefficient (Wildman–Crippen LogP) is 2.74. The molecule has 0 aliphatic carbocycles. The molecule has 2 N–H and O–H groups in total. The van der Waals surface area contributed by atoms with Gasteiger partial charge in [-0.15, -0.1) is 0 Å². The van der Waals surface area contributed by atoms with Crippen LogP contribution in [-0.4, -0.2) is 16.9 Å². The van der Waals surface area contributed by atoms with Gasteiger partial charge in [0.25, 0.3) is 0 Å². The third kappa shape index (κ3) is 3.16. The second-order valence-corrected chi connectivity index (χ2v) is 5.47. The molecule has 0 fully saturated rings. The van der Waals surface area contributed by atoms with Gasteiger partial charge < -0.3 is 10.5 Å². The molecular weight excluding hydrogens is 306 g/mol. The Morgan fingerprint density at radius 2 is 2.16 bits per heavy atom. The Bertz CT molecular complexity index is 580. The highest BCUT2D eigenvalue weighted by Gasteiger charge is 2.13. The quantitative estimate of drug-likeness (QED) is 0.941. The summed E-state index contributed by atoms with van der Waals surface area (Å²) in [6.45, 7) is 1.97. The van der Waals surface area contributed by atoms with Gasteiger partial charge in [-0.25, -0.2) is 0 Å². The van der Waals surface area contributed by atoms with E-state index < -0.39 is 0 Å². The number of ether oxygens (including phenoxy) is 1. The zero-order chi connectivity index (χ0) is 14.0. The normalized spacial score (nSPS) is 12.5. The Morgan fingerprint density at radius 1 is 1.42 bits per heavy atom. The number of aromatic nitrogens is 2. The molecule has 0 radical (unpaired) electrons. The van der Waals surface area contributed by atoms with Crippen molar-refractivity contribution in [3.05, 3.63) is 45.7 Å². The standard InChI is InChI=1S/C14H18BrN3O/c1-9-6-13(18(2)17-9)12(16)8-10-4-5-14(19-3)11(15)7-10/h4-7,12H,8,16H2,1-3H3. The van der Waals surface area contributed by atoms with Crippen LogP contribution in [-0.2, 0) is 13.5 Å². The maximum atomic E-state index is 6.25. The first-order valence-electron chi connectivity index (χ1n) is 6.09. The summed E-state index contributed by atoms with van der Waals surface area (Å²) in [4.78, 5) is 0. The summed E-state index contributed by atoms with van der Waals surface area (Å²) in [7, 11) is 3.58. The van der Waals surface area contributed by atoms with Crippen LogP contribution < -0.4 is 10.5 Å². The zero-order valence-electron chi connectivity index (χ0n) is 11.4. The average molecular weight is 324 g/mol. The van der Waals surface area contributed by atoms with E-state index in [0.717, 1.165) is 28.0 Å². The molecule has 2 rings (SSSR count). The highest BCUT2D eigenvalue weighted by Crippen LogP contribution is 2.27. The molecule has 0 saturated heterocycles. The van der Waals surface area contributed by atoms with Crippen molar-refractivity contribution in [1.29, 1.82) is 0 Å². The third-order valence-electron chi connectivity index (χ3n) is 3.09. The van der Waals surface area contributed by atoms with Gasteiger partial charge in [0.2, 0.25) is 0 Å². The van der Waals surface area contributed by atoms with Crippen molar-refractivity contribution in [2.24, 2.45) is 12.8 Å². The SMILES string of the molecule is COc1ccc(CC(N)c2cc(C)nn2C)cc1Br. The largest absolute Gasteiger partial charge is 0.496 e. The van der Waals surface area contributed by atoms with E-state index >= 15 is 0 Å². The van der Waals surface area contributed by atoms with Gasteiger partial charge in [-0.2, -0.15) is 5.10 Å². The molecule has 4 nitrogen and oxygen atoms in total. The lowest BCUT2D eigenvalue weighted by Crippen LogP contribution is -2.17. The molecule has 0 aliphatic rings. The number of hydrogen-bond donors (Lipinski definition) is 1. The number of halogens is 1. The summed E-state index contributed by atoms with van der Waals surface area (Å²) >= 11 is 3.49. The first kappa shape index (κ1) is 14.1. The number of nitrogens with zero attached hydrogens (tertiary/aromatic N) is 2. The molecular formula is C14H18BrN3O. The molecule has 1 atom stereocenters. The van der Waals surface area contributed by atoms with Gasteiger partial charge in [-0.05, 0) is 53.0 Å². The van der Waals surface area contributed by atoms with Gasteiger partial charge in [-0.1, -0.05) is 6.07 Å². The smallest absolute Gasteiger partial charge is 0.133 e. The Kier molecular flexibility index (Phi) is 4.27. The van der Waals surface area contributed by atoms with Gasteiger partial charge in [0.1, 0.15) is 5.75 Å². The highest BCUT2D eigenvalue weighted by molar-refractivity contribution is 9.10. The first-order chi connectivity index (χ1) is 9.01. The molecule has 1 heterocycles. The van der Waals surface area contributed by atoms with Crippen LogP contribution in [0.25, 0.3) is 0 Å². The fraction of sp³-hybridized carbons (Fsp3) is 0.357. The number of nitrogens with two attached hydrogens (primary N) is 1. The first-order valence-corrected chi connectivity index (χ1v) is 6.89. The van der Waals surface area contributed by atoms with Crippen LogP contribution in [0.1, 0.15) is 23.0 Å². The van der Waals surface area contributed by atoms with E-state index in [-0.39, 0.29) is 6.04 Å². The molecule has 1 aromatic carbocycles. The van der Waals surface area contributed by atoms with Crippen LogP contribution in [0.5, 0.6) is 5.75 Å². The van der Waals surface area contributed by atoms with Crippen molar-refractivity contribution in [2.75, 3.05) is 7.11 Å². The summed E-state index contributed by atoms with van der Waals surface area (Å²) in [5.41, 5.74) is 9.46. The summed E-state index contributed by atoms with van der Waals surface area (Å²) in [5.74, 6) is 0.827. The molecule has 0 amide bonds. The van der Waals surface area contributed by atoms with Crippen molar-refractivity contribution in [1.82, 2.24) is 9.78 Å². The van der Waals surface area contributed by atoms with E-state index in [1.807, 2.05) is 42.9 Å². The molecule has 0 saturated carbocycles. The second-order valence-electron chi connectivity index (χ2n) is 4.61. The van der Waals surface area contributed by atoms with Crippen molar-refractivity contribution in [3.8, 4) is 5.75 Å². The number of methoxy groups -OCH3 is 1. The van der Waals surface area contributed by atoms with Gasteiger partial charge in [0.15, 0.2) is 0 Å². The predicted molar refractivity (Wildman–Crippen MR) is 79.3 cm³/mol. The summed E-state index contributed by atoms with van der Waals surface area (Å²) in [6, 6.07) is 7.99. The topological polar surface area (TPSA) is 53.1 Å². The van der Waals surface area contributed by atoms with E-state index in [1.54, 1.807) is 7.11 Å². The van der Waals surface area contributed by atoms with E-state index in [9.17, 15) is 0 Å². The minimum Gasteiger partial charge on any atom is -0.496 e.